The third-order valence-electron chi connectivity index (χ3n) is 0.492. The van der Waals surface area contributed by atoms with Crippen LogP contribution in [-0.2, 0) is 0 Å². The Bertz CT molecular complexity index is 82.3. The zero-order valence-electron chi connectivity index (χ0n) is 4.49. The van der Waals surface area contributed by atoms with Crippen molar-refractivity contribution in [1.29, 1.82) is 5.41 Å². The maximum absolute atomic E-state index is 6.74. The van der Waals surface area contributed by atoms with Gasteiger partial charge in [0.1, 0.15) is 0 Å². The Morgan fingerprint density at radius 1 is 1.86 bits per heavy atom. The molecule has 7 heavy (non-hydrogen) atoms. The Morgan fingerprint density at radius 3 is 2.29 bits per heavy atom. The summed E-state index contributed by atoms with van der Waals surface area (Å²) in [6.07, 6.45) is 0.528. The molecule has 0 fully saturated rings. The monoisotopic (exact) mass is 98.1 g/mol. The zero-order valence-corrected chi connectivity index (χ0v) is 4.49. The van der Waals surface area contributed by atoms with E-state index >= 15 is 0 Å². The van der Waals surface area contributed by atoms with Gasteiger partial charge in [0.15, 0.2) is 0 Å². The van der Waals surface area contributed by atoms with Crippen LogP contribution < -0.4 is 5.73 Å². The van der Waals surface area contributed by atoms with Crippen LogP contribution in [0.3, 0.4) is 0 Å². The second-order valence-corrected chi connectivity index (χ2v) is 1.66. The number of nitrogens with two attached hydrogens (primary N) is 1. The summed E-state index contributed by atoms with van der Waals surface area (Å²) in [5, 5.41) is 6.74. The minimum atomic E-state index is 0.188. The lowest BCUT2D eigenvalue weighted by molar-refractivity contribution is 1.22. The SMILES string of the molecule is C=C(C)CC(=N)N. The van der Waals surface area contributed by atoms with Crippen LogP contribution in [0, 0.1) is 5.41 Å². The van der Waals surface area contributed by atoms with E-state index in [0.29, 0.717) is 6.42 Å². The lowest BCUT2D eigenvalue weighted by Crippen LogP contribution is -2.08. The Labute approximate surface area is 43.5 Å². The largest absolute Gasteiger partial charge is 0.387 e. The van der Waals surface area contributed by atoms with Gasteiger partial charge >= 0.3 is 0 Å². The van der Waals surface area contributed by atoms with Gasteiger partial charge in [-0.1, -0.05) is 12.2 Å². The topological polar surface area (TPSA) is 49.9 Å². The molecule has 0 saturated heterocycles. The van der Waals surface area contributed by atoms with Crippen LogP contribution in [0.1, 0.15) is 13.3 Å². The fraction of sp³-hybridized carbons (Fsp3) is 0.400. The molecule has 0 atom stereocenters. The molecule has 0 aromatic heterocycles. The smallest absolute Gasteiger partial charge is 0.0946 e. The number of hydrogen-bond donors (Lipinski definition) is 2. The molecule has 0 spiro atoms. The molecule has 0 aromatic rings. The van der Waals surface area contributed by atoms with E-state index < -0.39 is 0 Å². The molecule has 0 amide bonds. The molecule has 0 aromatic carbocycles. The molecular weight excluding hydrogens is 88.1 g/mol. The molecule has 2 nitrogen and oxygen atoms in total. The first-order valence-electron chi connectivity index (χ1n) is 2.10. The molecule has 0 heterocycles. The fourth-order valence-electron chi connectivity index (χ4n) is 0.325. The van der Waals surface area contributed by atoms with E-state index in [4.69, 9.17) is 11.1 Å². The van der Waals surface area contributed by atoms with Gasteiger partial charge in [-0.2, -0.15) is 0 Å². The number of hydrogen-bond acceptors (Lipinski definition) is 1. The summed E-state index contributed by atoms with van der Waals surface area (Å²) >= 11 is 0. The van der Waals surface area contributed by atoms with Crippen molar-refractivity contribution in [2.24, 2.45) is 5.73 Å². The predicted molar refractivity (Wildman–Crippen MR) is 31.3 cm³/mol. The molecule has 0 unspecified atom stereocenters. The lowest BCUT2D eigenvalue weighted by Gasteiger charge is -1.91. The highest BCUT2D eigenvalue weighted by molar-refractivity contribution is 5.79. The molecular formula is C5H10N2. The predicted octanol–water partition coefficient (Wildman–Crippen LogP) is 0.889. The highest BCUT2D eigenvalue weighted by atomic mass is 14.7. The second-order valence-electron chi connectivity index (χ2n) is 1.66. The first-order chi connectivity index (χ1) is 3.13. The van der Waals surface area contributed by atoms with Crippen LogP contribution >= 0.6 is 0 Å². The van der Waals surface area contributed by atoms with E-state index in [1.807, 2.05) is 6.92 Å². The second kappa shape index (κ2) is 2.39. The van der Waals surface area contributed by atoms with Crippen molar-refractivity contribution in [3.63, 3.8) is 0 Å². The van der Waals surface area contributed by atoms with Crippen LogP contribution in [0.2, 0.25) is 0 Å². The molecule has 0 radical (unpaired) electrons. The van der Waals surface area contributed by atoms with Crippen LogP contribution in [-0.4, -0.2) is 5.84 Å². The third kappa shape index (κ3) is 5.21. The van der Waals surface area contributed by atoms with E-state index in [1.54, 1.807) is 0 Å². The van der Waals surface area contributed by atoms with Gasteiger partial charge in [0.2, 0.25) is 0 Å². The minimum absolute atomic E-state index is 0.188. The van der Waals surface area contributed by atoms with E-state index in [2.05, 4.69) is 6.58 Å². The number of rotatable bonds is 2. The zero-order chi connectivity index (χ0) is 5.86. The molecule has 0 aliphatic rings. The summed E-state index contributed by atoms with van der Waals surface area (Å²) in [7, 11) is 0. The Morgan fingerprint density at radius 2 is 2.29 bits per heavy atom. The Hall–Kier alpha value is -0.790. The van der Waals surface area contributed by atoms with Gasteiger partial charge in [0, 0.05) is 6.42 Å². The van der Waals surface area contributed by atoms with Gasteiger partial charge in [0.05, 0.1) is 5.84 Å². The average Bonchev–Trinajstić information content (AvgIpc) is 1.27. The van der Waals surface area contributed by atoms with E-state index in [9.17, 15) is 0 Å². The van der Waals surface area contributed by atoms with Crippen molar-refractivity contribution in [2.75, 3.05) is 0 Å². The molecule has 0 bridgehead atoms. The van der Waals surface area contributed by atoms with Gasteiger partial charge in [0.25, 0.3) is 0 Å². The van der Waals surface area contributed by atoms with Crippen molar-refractivity contribution < 1.29 is 0 Å². The molecule has 2 heteroatoms. The van der Waals surface area contributed by atoms with E-state index in [0.717, 1.165) is 5.57 Å². The number of nitrogens with one attached hydrogen (secondary N) is 1. The Kier molecular flexibility index (Phi) is 2.12. The standard InChI is InChI=1S/C5H10N2/c1-4(2)3-5(6)7/h1,3H2,2H3,(H3,6,7). The van der Waals surface area contributed by atoms with Crippen LogP contribution in [0.25, 0.3) is 0 Å². The van der Waals surface area contributed by atoms with Crippen LogP contribution in [0.15, 0.2) is 12.2 Å². The summed E-state index contributed by atoms with van der Waals surface area (Å²) in [5.74, 6) is 0.188. The van der Waals surface area contributed by atoms with Crippen molar-refractivity contribution in [2.45, 2.75) is 13.3 Å². The van der Waals surface area contributed by atoms with E-state index in [1.165, 1.54) is 0 Å². The minimum Gasteiger partial charge on any atom is -0.387 e. The van der Waals surface area contributed by atoms with Crippen molar-refractivity contribution >= 4 is 5.84 Å². The first kappa shape index (κ1) is 6.21. The summed E-state index contributed by atoms with van der Waals surface area (Å²) in [6.45, 7) is 5.42. The van der Waals surface area contributed by atoms with Crippen LogP contribution in [0.4, 0.5) is 0 Å². The summed E-state index contributed by atoms with van der Waals surface area (Å²) in [4.78, 5) is 0. The van der Waals surface area contributed by atoms with Gasteiger partial charge in [-0.05, 0) is 6.92 Å². The summed E-state index contributed by atoms with van der Waals surface area (Å²) in [6, 6.07) is 0. The summed E-state index contributed by atoms with van der Waals surface area (Å²) < 4.78 is 0. The fourth-order valence-corrected chi connectivity index (χ4v) is 0.325. The highest BCUT2D eigenvalue weighted by Gasteiger charge is 1.85. The molecule has 40 valence electrons. The lowest BCUT2D eigenvalue weighted by atomic mass is 10.2. The third-order valence-corrected chi connectivity index (χ3v) is 0.492. The van der Waals surface area contributed by atoms with Crippen molar-refractivity contribution in [1.82, 2.24) is 0 Å². The van der Waals surface area contributed by atoms with Crippen LogP contribution in [0.5, 0.6) is 0 Å². The average molecular weight is 98.1 g/mol. The highest BCUT2D eigenvalue weighted by Crippen LogP contribution is 1.91. The molecule has 0 rings (SSSR count). The number of amidine groups is 1. The van der Waals surface area contributed by atoms with Gasteiger partial charge in [-0.15, -0.1) is 0 Å². The summed E-state index contributed by atoms with van der Waals surface area (Å²) in [5.41, 5.74) is 5.95. The molecule has 0 aliphatic carbocycles. The van der Waals surface area contributed by atoms with Gasteiger partial charge < -0.3 is 5.73 Å². The van der Waals surface area contributed by atoms with E-state index in [-0.39, 0.29) is 5.84 Å². The quantitative estimate of drug-likeness (QED) is 0.301. The maximum Gasteiger partial charge on any atom is 0.0946 e. The molecule has 0 saturated carbocycles. The van der Waals surface area contributed by atoms with Gasteiger partial charge in [-0.3, -0.25) is 5.41 Å². The molecule has 0 aliphatic heterocycles. The van der Waals surface area contributed by atoms with Gasteiger partial charge in [-0.25, -0.2) is 0 Å². The normalized spacial score (nSPS) is 8.14. The molecule has 3 N–H and O–H groups in total. The maximum atomic E-state index is 6.74. The first-order valence-corrected chi connectivity index (χ1v) is 2.10. The van der Waals surface area contributed by atoms with Crippen molar-refractivity contribution in [3.05, 3.63) is 12.2 Å². The Balaban J connectivity index is 3.32. The van der Waals surface area contributed by atoms with Crippen molar-refractivity contribution in [3.8, 4) is 0 Å².